The van der Waals surface area contributed by atoms with Gasteiger partial charge < -0.3 is 5.73 Å². The van der Waals surface area contributed by atoms with E-state index in [1.54, 1.807) is 6.20 Å². The summed E-state index contributed by atoms with van der Waals surface area (Å²) in [4.78, 5) is 4.25. The number of hydrogen-bond donors (Lipinski definition) is 1. The summed E-state index contributed by atoms with van der Waals surface area (Å²) in [5.74, 6) is 0. The molecule has 2 aromatic rings. The van der Waals surface area contributed by atoms with Gasteiger partial charge in [0.1, 0.15) is 0 Å². The van der Waals surface area contributed by atoms with Crippen molar-refractivity contribution in [2.45, 2.75) is 6.92 Å². The first kappa shape index (κ1) is 8.51. The number of aromatic nitrogens is 1. The average molecular weight is 237 g/mol. The zero-order valence-corrected chi connectivity index (χ0v) is 8.80. The summed E-state index contributed by atoms with van der Waals surface area (Å²) in [6.07, 6.45) is 1.76. The highest BCUT2D eigenvalue weighted by atomic mass is 79.9. The molecule has 0 radical (unpaired) electrons. The highest BCUT2D eigenvalue weighted by Gasteiger charge is 2.00. The van der Waals surface area contributed by atoms with E-state index in [1.807, 2.05) is 19.1 Å². The van der Waals surface area contributed by atoms with Gasteiger partial charge in [0.25, 0.3) is 0 Å². The lowest BCUT2D eigenvalue weighted by molar-refractivity contribution is 1.38. The van der Waals surface area contributed by atoms with Crippen molar-refractivity contribution >= 4 is 32.5 Å². The molecule has 0 aliphatic rings. The van der Waals surface area contributed by atoms with Crippen LogP contribution in [0, 0.1) is 6.92 Å². The van der Waals surface area contributed by atoms with Crippen LogP contribution in [-0.2, 0) is 0 Å². The van der Waals surface area contributed by atoms with Gasteiger partial charge in [0.15, 0.2) is 0 Å². The molecule has 1 aromatic carbocycles. The van der Waals surface area contributed by atoms with Crippen LogP contribution in [0.4, 0.5) is 5.69 Å². The summed E-state index contributed by atoms with van der Waals surface area (Å²) in [5, 5.41) is 1.08. The van der Waals surface area contributed by atoms with Crippen molar-refractivity contribution < 1.29 is 0 Å². The number of halogens is 1. The fourth-order valence-electron chi connectivity index (χ4n) is 1.41. The predicted octanol–water partition coefficient (Wildman–Crippen LogP) is 2.89. The highest BCUT2D eigenvalue weighted by Crippen LogP contribution is 2.23. The van der Waals surface area contributed by atoms with Gasteiger partial charge in [0, 0.05) is 16.1 Å². The van der Waals surface area contributed by atoms with E-state index in [0.717, 1.165) is 26.6 Å². The monoisotopic (exact) mass is 236 g/mol. The van der Waals surface area contributed by atoms with Gasteiger partial charge in [0.05, 0.1) is 11.2 Å². The van der Waals surface area contributed by atoms with Crippen LogP contribution in [0.25, 0.3) is 10.9 Å². The fraction of sp³-hybridized carbons (Fsp3) is 0.100. The number of anilines is 1. The lowest BCUT2D eigenvalue weighted by Gasteiger charge is -2.02. The van der Waals surface area contributed by atoms with E-state index in [9.17, 15) is 0 Å². The molecule has 3 heteroatoms. The summed E-state index contributed by atoms with van der Waals surface area (Å²) in [6.45, 7) is 2.02. The predicted molar refractivity (Wildman–Crippen MR) is 58.6 cm³/mol. The van der Waals surface area contributed by atoms with Crippen LogP contribution in [0.15, 0.2) is 28.9 Å². The summed E-state index contributed by atoms with van der Waals surface area (Å²) >= 11 is 3.38. The first-order valence-corrected chi connectivity index (χ1v) is 4.77. The van der Waals surface area contributed by atoms with Gasteiger partial charge >= 0.3 is 0 Å². The Labute approximate surface area is 84.9 Å². The van der Waals surface area contributed by atoms with Gasteiger partial charge in [-0.05, 0) is 46.6 Å². The summed E-state index contributed by atoms with van der Waals surface area (Å²) < 4.78 is 0.977. The normalized spacial score (nSPS) is 10.6. The molecule has 0 saturated heterocycles. The van der Waals surface area contributed by atoms with Crippen molar-refractivity contribution in [3.05, 3.63) is 34.4 Å². The van der Waals surface area contributed by atoms with E-state index in [1.165, 1.54) is 0 Å². The lowest BCUT2D eigenvalue weighted by atomic mass is 10.1. The van der Waals surface area contributed by atoms with E-state index in [4.69, 9.17) is 5.73 Å². The largest absolute Gasteiger partial charge is 0.397 e. The molecular weight excluding hydrogens is 228 g/mol. The fourth-order valence-corrected chi connectivity index (χ4v) is 1.76. The Bertz CT molecular complexity index is 460. The number of fused-ring (bicyclic) bond motifs is 1. The lowest BCUT2D eigenvalue weighted by Crippen LogP contribution is -1.90. The molecule has 0 bridgehead atoms. The van der Waals surface area contributed by atoms with Crippen LogP contribution in [0.3, 0.4) is 0 Å². The van der Waals surface area contributed by atoms with Crippen molar-refractivity contribution in [3.8, 4) is 0 Å². The molecule has 0 aliphatic carbocycles. The molecular formula is C10H9BrN2. The Morgan fingerprint density at radius 1 is 1.31 bits per heavy atom. The second-order valence-electron chi connectivity index (χ2n) is 3.08. The van der Waals surface area contributed by atoms with E-state index in [2.05, 4.69) is 27.0 Å². The average Bonchev–Trinajstić information content (AvgIpc) is 2.02. The number of nitrogens with zero attached hydrogens (tertiary/aromatic N) is 1. The minimum atomic E-state index is 0.738. The third-order valence-electron chi connectivity index (χ3n) is 1.92. The third-order valence-corrected chi connectivity index (χ3v) is 2.36. The summed E-state index contributed by atoms with van der Waals surface area (Å²) in [7, 11) is 0. The van der Waals surface area contributed by atoms with Crippen LogP contribution in [-0.4, -0.2) is 4.98 Å². The molecule has 2 nitrogen and oxygen atoms in total. The Morgan fingerprint density at radius 2 is 2.08 bits per heavy atom. The highest BCUT2D eigenvalue weighted by molar-refractivity contribution is 9.10. The van der Waals surface area contributed by atoms with Gasteiger partial charge in [-0.3, -0.25) is 4.98 Å². The van der Waals surface area contributed by atoms with Crippen LogP contribution in [0.5, 0.6) is 0 Å². The molecule has 2 N–H and O–H groups in total. The number of aryl methyl sites for hydroxylation is 1. The molecule has 2 rings (SSSR count). The van der Waals surface area contributed by atoms with Crippen molar-refractivity contribution in [1.82, 2.24) is 4.98 Å². The van der Waals surface area contributed by atoms with Gasteiger partial charge in [-0.1, -0.05) is 0 Å². The molecule has 1 heterocycles. The third kappa shape index (κ3) is 1.52. The number of nitrogen functional groups attached to an aromatic ring is 1. The van der Waals surface area contributed by atoms with Crippen molar-refractivity contribution in [1.29, 1.82) is 0 Å². The molecule has 0 spiro atoms. The zero-order valence-electron chi connectivity index (χ0n) is 7.21. The Balaban J connectivity index is 2.86. The van der Waals surface area contributed by atoms with Crippen molar-refractivity contribution in [2.75, 3.05) is 5.73 Å². The van der Waals surface area contributed by atoms with E-state index >= 15 is 0 Å². The standard InChI is InChI=1S/C10H9BrN2/c1-6-2-7-4-8(11)5-13-10(7)9(12)3-6/h2-5H,12H2,1H3. The first-order valence-electron chi connectivity index (χ1n) is 3.98. The van der Waals surface area contributed by atoms with Gasteiger partial charge in [-0.25, -0.2) is 0 Å². The number of hydrogen-bond acceptors (Lipinski definition) is 2. The molecule has 0 unspecified atom stereocenters. The van der Waals surface area contributed by atoms with Crippen LogP contribution in [0.1, 0.15) is 5.56 Å². The molecule has 0 aliphatic heterocycles. The quantitative estimate of drug-likeness (QED) is 0.715. The number of pyridine rings is 1. The molecule has 0 saturated carbocycles. The van der Waals surface area contributed by atoms with E-state index in [0.29, 0.717) is 0 Å². The maximum atomic E-state index is 5.83. The molecule has 13 heavy (non-hydrogen) atoms. The van der Waals surface area contributed by atoms with E-state index < -0.39 is 0 Å². The smallest absolute Gasteiger partial charge is 0.0932 e. The molecule has 66 valence electrons. The Morgan fingerprint density at radius 3 is 2.85 bits per heavy atom. The number of benzene rings is 1. The van der Waals surface area contributed by atoms with Crippen LogP contribution in [0.2, 0.25) is 0 Å². The summed E-state index contributed by atoms with van der Waals surface area (Å²) in [5.41, 5.74) is 8.59. The van der Waals surface area contributed by atoms with E-state index in [-0.39, 0.29) is 0 Å². The maximum absolute atomic E-state index is 5.83. The second-order valence-corrected chi connectivity index (χ2v) is 4.00. The second kappa shape index (κ2) is 3.00. The van der Waals surface area contributed by atoms with Crippen LogP contribution < -0.4 is 5.73 Å². The van der Waals surface area contributed by atoms with Gasteiger partial charge in [-0.2, -0.15) is 0 Å². The molecule has 0 fully saturated rings. The van der Waals surface area contributed by atoms with Crippen molar-refractivity contribution in [3.63, 3.8) is 0 Å². The summed E-state index contributed by atoms with van der Waals surface area (Å²) in [6, 6.07) is 6.03. The van der Waals surface area contributed by atoms with Gasteiger partial charge in [-0.15, -0.1) is 0 Å². The Kier molecular flexibility index (Phi) is 1.96. The number of nitrogens with two attached hydrogens (primary N) is 1. The minimum Gasteiger partial charge on any atom is -0.397 e. The number of rotatable bonds is 0. The molecule has 0 amide bonds. The first-order chi connectivity index (χ1) is 6.16. The topological polar surface area (TPSA) is 38.9 Å². The minimum absolute atomic E-state index is 0.738. The van der Waals surface area contributed by atoms with Gasteiger partial charge in [0.2, 0.25) is 0 Å². The Hall–Kier alpha value is -1.09. The molecule has 0 atom stereocenters. The zero-order chi connectivity index (χ0) is 9.42. The molecule has 1 aromatic heterocycles. The van der Waals surface area contributed by atoms with Crippen LogP contribution >= 0.6 is 15.9 Å². The maximum Gasteiger partial charge on any atom is 0.0932 e. The SMILES string of the molecule is Cc1cc(N)c2ncc(Br)cc2c1. The van der Waals surface area contributed by atoms with Crippen molar-refractivity contribution in [2.24, 2.45) is 0 Å².